The molecule has 3 aromatic rings. The Morgan fingerprint density at radius 1 is 1.00 bits per heavy atom. The summed E-state index contributed by atoms with van der Waals surface area (Å²) in [4.78, 5) is 23.4. The number of aromatic nitrogens is 5. The van der Waals surface area contributed by atoms with Gasteiger partial charge in [-0.3, -0.25) is 0 Å². The average Bonchev–Trinajstić information content (AvgIpc) is 2.77. The van der Waals surface area contributed by atoms with Crippen molar-refractivity contribution < 1.29 is 22.6 Å². The molecule has 7 nitrogen and oxygen atoms in total. The van der Waals surface area contributed by atoms with Crippen LogP contribution in [0.3, 0.4) is 0 Å². The summed E-state index contributed by atoms with van der Waals surface area (Å²) in [6.07, 6.45) is -1.14. The quantitative estimate of drug-likeness (QED) is 0.472. The van der Waals surface area contributed by atoms with Crippen molar-refractivity contribution in [2.24, 2.45) is 5.41 Å². The first-order valence-electron chi connectivity index (χ1n) is 12.3. The molecule has 1 saturated heterocycles. The summed E-state index contributed by atoms with van der Waals surface area (Å²) in [5.74, 6) is 1.11. The predicted octanol–water partition coefficient (Wildman–Crippen LogP) is 5.45. The largest absolute Gasteiger partial charge is 0.481 e. The van der Waals surface area contributed by atoms with E-state index in [1.165, 1.54) is 0 Å². The van der Waals surface area contributed by atoms with Crippen LogP contribution in [0.25, 0.3) is 11.2 Å². The summed E-state index contributed by atoms with van der Waals surface area (Å²) in [6.45, 7) is 5.73. The van der Waals surface area contributed by atoms with Crippen molar-refractivity contribution >= 4 is 11.2 Å². The van der Waals surface area contributed by atoms with Gasteiger partial charge >= 0.3 is 6.18 Å². The van der Waals surface area contributed by atoms with Gasteiger partial charge in [-0.15, -0.1) is 0 Å². The Balaban J connectivity index is 1.38. The van der Waals surface area contributed by atoms with Crippen LogP contribution in [0.1, 0.15) is 79.5 Å². The molecule has 3 aromatic heterocycles. The normalized spacial score (nSPS) is 31.6. The lowest BCUT2D eigenvalue weighted by molar-refractivity contribution is -0.337. The molecular formula is C26H28F3N5O2. The molecule has 3 atom stereocenters. The minimum atomic E-state index is -4.19. The van der Waals surface area contributed by atoms with Crippen LogP contribution in [0.5, 0.6) is 5.88 Å². The summed E-state index contributed by atoms with van der Waals surface area (Å²) in [5.41, 5.74) is 1.89. The van der Waals surface area contributed by atoms with Crippen molar-refractivity contribution in [3.05, 3.63) is 46.8 Å². The molecule has 0 radical (unpaired) electrons. The second-order valence-corrected chi connectivity index (χ2v) is 10.8. The summed E-state index contributed by atoms with van der Waals surface area (Å²) < 4.78 is 52.2. The number of ether oxygens (including phenoxy) is 2. The van der Waals surface area contributed by atoms with Gasteiger partial charge in [0, 0.05) is 23.6 Å². The zero-order valence-corrected chi connectivity index (χ0v) is 20.7. The van der Waals surface area contributed by atoms with Gasteiger partial charge < -0.3 is 9.47 Å². The topological polar surface area (TPSA) is 82.9 Å². The maximum Gasteiger partial charge on any atom is 0.394 e. The number of alkyl halides is 3. The first-order chi connectivity index (χ1) is 17.0. The third-order valence-corrected chi connectivity index (χ3v) is 8.31. The van der Waals surface area contributed by atoms with Crippen LogP contribution < -0.4 is 4.74 Å². The third-order valence-electron chi connectivity index (χ3n) is 8.31. The van der Waals surface area contributed by atoms with E-state index < -0.39 is 17.0 Å². The minimum Gasteiger partial charge on any atom is -0.481 e. The Morgan fingerprint density at radius 2 is 1.72 bits per heavy atom. The fourth-order valence-corrected chi connectivity index (χ4v) is 6.30. The minimum absolute atomic E-state index is 0.0312. The van der Waals surface area contributed by atoms with E-state index in [4.69, 9.17) is 24.4 Å². The molecule has 1 unspecified atom stereocenters. The van der Waals surface area contributed by atoms with Crippen LogP contribution in [0.2, 0.25) is 0 Å². The van der Waals surface area contributed by atoms with Gasteiger partial charge in [0.25, 0.3) is 0 Å². The highest BCUT2D eigenvalue weighted by atomic mass is 19.4. The number of rotatable bonds is 4. The van der Waals surface area contributed by atoms with E-state index in [2.05, 4.69) is 9.97 Å². The molecule has 0 aromatic carbocycles. The second kappa shape index (κ2) is 7.81. The molecule has 36 heavy (non-hydrogen) atoms. The van der Waals surface area contributed by atoms with E-state index in [1.54, 1.807) is 19.4 Å². The average molecular weight is 500 g/mol. The Kier molecular flexibility index (Phi) is 5.10. The number of nitrogens with zero attached hydrogens (tertiary/aromatic N) is 5. The molecule has 0 N–H and O–H groups in total. The van der Waals surface area contributed by atoms with Gasteiger partial charge in [0.1, 0.15) is 11.3 Å². The molecule has 4 fully saturated rings. The van der Waals surface area contributed by atoms with Crippen LogP contribution >= 0.6 is 0 Å². The van der Waals surface area contributed by atoms with E-state index in [9.17, 15) is 13.2 Å². The highest BCUT2D eigenvalue weighted by Crippen LogP contribution is 2.78. The van der Waals surface area contributed by atoms with Gasteiger partial charge in [-0.2, -0.15) is 13.2 Å². The Morgan fingerprint density at radius 3 is 2.36 bits per heavy atom. The van der Waals surface area contributed by atoms with Gasteiger partial charge in [0.15, 0.2) is 5.65 Å². The molecule has 10 heteroatoms. The van der Waals surface area contributed by atoms with E-state index in [1.807, 2.05) is 26.8 Å². The number of fused-ring (bicyclic) bond motifs is 1. The Hall–Kier alpha value is -2.88. The van der Waals surface area contributed by atoms with Crippen molar-refractivity contribution in [2.75, 3.05) is 7.11 Å². The fraction of sp³-hybridized carbons (Fsp3) is 0.577. The zero-order chi connectivity index (χ0) is 25.5. The summed E-state index contributed by atoms with van der Waals surface area (Å²) in [6, 6.07) is 3.74. The van der Waals surface area contributed by atoms with Crippen LogP contribution in [-0.2, 0) is 10.2 Å². The van der Waals surface area contributed by atoms with Gasteiger partial charge in [0.05, 0.1) is 41.8 Å². The van der Waals surface area contributed by atoms with Crippen molar-refractivity contribution in [1.82, 2.24) is 24.9 Å². The first-order valence-corrected chi connectivity index (χ1v) is 12.3. The number of aryl methyl sites for hydroxylation is 2. The van der Waals surface area contributed by atoms with E-state index in [0.29, 0.717) is 41.4 Å². The molecular weight excluding hydrogens is 471 g/mol. The molecule has 0 spiro atoms. The highest BCUT2D eigenvalue weighted by molar-refractivity contribution is 5.75. The molecule has 1 aliphatic heterocycles. The predicted molar refractivity (Wildman–Crippen MR) is 125 cm³/mol. The van der Waals surface area contributed by atoms with Crippen molar-refractivity contribution in [3.8, 4) is 5.88 Å². The van der Waals surface area contributed by atoms with Gasteiger partial charge in [0.2, 0.25) is 5.88 Å². The molecule has 2 bridgehead atoms. The lowest BCUT2D eigenvalue weighted by Crippen LogP contribution is -2.70. The molecule has 4 aliphatic rings. The van der Waals surface area contributed by atoms with Crippen molar-refractivity contribution in [2.45, 2.75) is 82.6 Å². The maximum atomic E-state index is 13.6. The molecule has 0 amide bonds. The second-order valence-electron chi connectivity index (χ2n) is 10.8. The monoisotopic (exact) mass is 499 g/mol. The molecule has 3 saturated carbocycles. The Bertz CT molecular complexity index is 1320. The smallest absolute Gasteiger partial charge is 0.394 e. The molecule has 7 rings (SSSR count). The summed E-state index contributed by atoms with van der Waals surface area (Å²) in [7, 11) is 1.57. The maximum absolute atomic E-state index is 13.6. The molecule has 3 aliphatic carbocycles. The lowest BCUT2D eigenvalue weighted by Gasteiger charge is -2.70. The standard InChI is InChI=1S/C26H28F3N5O2/c1-13-7-17(8-18(36-13)16-5-6-19(35-4)30-9-16)22-33-21(20-23(34-22)32-15(3)14(2)31-20)24-10-25(11-24,12-24)26(27,28)29/h5-6,9,13,17-18H,7-8,10-12H2,1-4H3/t13-,17?,18-,24?,25?/m1/s1. The zero-order valence-electron chi connectivity index (χ0n) is 20.7. The van der Waals surface area contributed by atoms with Crippen LogP contribution in [0.4, 0.5) is 13.2 Å². The number of halogens is 3. The van der Waals surface area contributed by atoms with E-state index >= 15 is 0 Å². The van der Waals surface area contributed by atoms with Gasteiger partial charge in [-0.1, -0.05) is 0 Å². The first kappa shape index (κ1) is 23.5. The van der Waals surface area contributed by atoms with Crippen molar-refractivity contribution in [3.63, 3.8) is 0 Å². The highest BCUT2D eigenvalue weighted by Gasteiger charge is 2.79. The van der Waals surface area contributed by atoms with Crippen LogP contribution in [-0.4, -0.2) is 44.3 Å². The number of pyridine rings is 1. The number of methoxy groups -OCH3 is 1. The van der Waals surface area contributed by atoms with Crippen molar-refractivity contribution in [1.29, 1.82) is 0 Å². The van der Waals surface area contributed by atoms with Crippen LogP contribution in [0, 0.1) is 19.3 Å². The molecule has 190 valence electrons. The fourth-order valence-electron chi connectivity index (χ4n) is 6.30. The van der Waals surface area contributed by atoms with E-state index in [-0.39, 0.29) is 37.4 Å². The van der Waals surface area contributed by atoms with Crippen LogP contribution in [0.15, 0.2) is 18.3 Å². The number of hydrogen-bond acceptors (Lipinski definition) is 7. The summed E-state index contributed by atoms with van der Waals surface area (Å²) in [5, 5.41) is 0. The van der Waals surface area contributed by atoms with E-state index in [0.717, 1.165) is 17.0 Å². The molecule has 4 heterocycles. The summed E-state index contributed by atoms with van der Waals surface area (Å²) >= 11 is 0. The Labute approximate surface area is 206 Å². The number of hydrogen-bond donors (Lipinski definition) is 0. The van der Waals surface area contributed by atoms with Gasteiger partial charge in [-0.05, 0) is 64.5 Å². The third kappa shape index (κ3) is 3.48. The SMILES string of the molecule is COc1ccc([C@H]2CC(c3nc(C45CC(C(F)(F)F)(C4)C5)c4nc(C)c(C)nc4n3)C[C@@H](C)O2)cn1. The lowest BCUT2D eigenvalue weighted by atomic mass is 9.34. The van der Waals surface area contributed by atoms with Gasteiger partial charge in [-0.25, -0.2) is 24.9 Å².